The summed E-state index contributed by atoms with van der Waals surface area (Å²) in [6, 6.07) is 6.57. The predicted molar refractivity (Wildman–Crippen MR) is 59.3 cm³/mol. The Kier molecular flexibility index (Phi) is 3.80. The van der Waals surface area contributed by atoms with Crippen LogP contribution in [0.25, 0.3) is 0 Å². The Hall–Kier alpha value is -0.490. The van der Waals surface area contributed by atoms with E-state index in [0.29, 0.717) is 5.88 Å². The van der Waals surface area contributed by atoms with Gasteiger partial charge in [0, 0.05) is 5.88 Å². The van der Waals surface area contributed by atoms with E-state index in [1.807, 2.05) is 0 Å². The molecule has 0 spiro atoms. The second-order valence-corrected chi connectivity index (χ2v) is 4.26. The number of halogens is 1. The van der Waals surface area contributed by atoms with Gasteiger partial charge in [-0.2, -0.15) is 0 Å². The van der Waals surface area contributed by atoms with Crippen molar-refractivity contribution in [2.75, 3.05) is 0 Å². The zero-order valence-corrected chi connectivity index (χ0v) is 9.36. The minimum atomic E-state index is 0.619. The van der Waals surface area contributed by atoms with E-state index in [4.69, 9.17) is 11.6 Å². The standard InChI is InChI=1S/C12H17Cl/c1-9(2)6-11-4-5-12(8-13)10(3)7-11/h4-5,7,9H,6,8H2,1-3H3. The molecule has 0 saturated heterocycles. The fraction of sp³-hybridized carbons (Fsp3) is 0.500. The van der Waals surface area contributed by atoms with Gasteiger partial charge < -0.3 is 0 Å². The zero-order valence-electron chi connectivity index (χ0n) is 8.60. The Morgan fingerprint density at radius 3 is 2.46 bits per heavy atom. The molecule has 0 unspecified atom stereocenters. The van der Waals surface area contributed by atoms with Gasteiger partial charge in [-0.05, 0) is 36.0 Å². The van der Waals surface area contributed by atoms with Crippen LogP contribution in [-0.2, 0) is 12.3 Å². The summed E-state index contributed by atoms with van der Waals surface area (Å²) in [5, 5.41) is 0. The molecule has 0 bridgehead atoms. The van der Waals surface area contributed by atoms with Crippen LogP contribution in [0.3, 0.4) is 0 Å². The third-order valence-corrected chi connectivity index (χ3v) is 2.48. The Morgan fingerprint density at radius 2 is 2.00 bits per heavy atom. The summed E-state index contributed by atoms with van der Waals surface area (Å²) in [5.41, 5.74) is 3.98. The summed E-state index contributed by atoms with van der Waals surface area (Å²) >= 11 is 5.79. The van der Waals surface area contributed by atoms with Gasteiger partial charge >= 0.3 is 0 Å². The van der Waals surface area contributed by atoms with Gasteiger partial charge in [-0.25, -0.2) is 0 Å². The number of benzene rings is 1. The van der Waals surface area contributed by atoms with Crippen LogP contribution in [0.4, 0.5) is 0 Å². The summed E-state index contributed by atoms with van der Waals surface area (Å²) < 4.78 is 0. The largest absolute Gasteiger partial charge is 0.122 e. The minimum absolute atomic E-state index is 0.619. The van der Waals surface area contributed by atoms with Crippen LogP contribution >= 0.6 is 11.6 Å². The average molecular weight is 197 g/mol. The topological polar surface area (TPSA) is 0 Å². The van der Waals surface area contributed by atoms with Gasteiger partial charge in [0.1, 0.15) is 0 Å². The van der Waals surface area contributed by atoms with E-state index in [1.165, 1.54) is 16.7 Å². The maximum Gasteiger partial charge on any atom is 0.0476 e. The van der Waals surface area contributed by atoms with Crippen molar-refractivity contribution in [3.8, 4) is 0 Å². The third kappa shape index (κ3) is 3.04. The molecule has 0 fully saturated rings. The maximum absolute atomic E-state index is 5.79. The Morgan fingerprint density at radius 1 is 1.31 bits per heavy atom. The number of alkyl halides is 1. The molecule has 72 valence electrons. The van der Waals surface area contributed by atoms with Gasteiger partial charge in [-0.15, -0.1) is 11.6 Å². The number of hydrogen-bond acceptors (Lipinski definition) is 0. The van der Waals surface area contributed by atoms with Crippen molar-refractivity contribution in [3.05, 3.63) is 34.9 Å². The molecule has 0 atom stereocenters. The van der Waals surface area contributed by atoms with Crippen LogP contribution in [0.15, 0.2) is 18.2 Å². The van der Waals surface area contributed by atoms with Crippen LogP contribution in [0.1, 0.15) is 30.5 Å². The van der Waals surface area contributed by atoms with E-state index < -0.39 is 0 Å². The third-order valence-electron chi connectivity index (χ3n) is 2.19. The molecule has 13 heavy (non-hydrogen) atoms. The van der Waals surface area contributed by atoms with Crippen LogP contribution in [-0.4, -0.2) is 0 Å². The summed E-state index contributed by atoms with van der Waals surface area (Å²) in [5.74, 6) is 1.34. The van der Waals surface area contributed by atoms with Crippen LogP contribution in [0.5, 0.6) is 0 Å². The highest BCUT2D eigenvalue weighted by Gasteiger charge is 2.00. The molecule has 0 saturated carbocycles. The molecule has 0 N–H and O–H groups in total. The van der Waals surface area contributed by atoms with E-state index in [1.54, 1.807) is 0 Å². The molecule has 0 heterocycles. The van der Waals surface area contributed by atoms with Gasteiger partial charge in [-0.3, -0.25) is 0 Å². The van der Waals surface area contributed by atoms with Gasteiger partial charge in [0.05, 0.1) is 0 Å². The van der Waals surface area contributed by atoms with Crippen molar-refractivity contribution in [2.24, 2.45) is 5.92 Å². The first-order valence-electron chi connectivity index (χ1n) is 4.78. The molecule has 0 radical (unpaired) electrons. The molecular weight excluding hydrogens is 180 g/mol. The molecule has 1 aromatic rings. The van der Waals surface area contributed by atoms with Crippen molar-refractivity contribution in [2.45, 2.75) is 33.1 Å². The second kappa shape index (κ2) is 4.66. The molecule has 0 amide bonds. The van der Waals surface area contributed by atoms with E-state index in [0.717, 1.165) is 12.3 Å². The lowest BCUT2D eigenvalue weighted by atomic mass is 9.99. The summed E-state index contributed by atoms with van der Waals surface area (Å²) in [4.78, 5) is 0. The van der Waals surface area contributed by atoms with Gasteiger partial charge in [-0.1, -0.05) is 32.0 Å². The molecule has 0 nitrogen and oxygen atoms in total. The van der Waals surface area contributed by atoms with Gasteiger partial charge in [0.25, 0.3) is 0 Å². The Bertz CT molecular complexity index is 276. The first-order chi connectivity index (χ1) is 6.13. The smallest absolute Gasteiger partial charge is 0.0476 e. The van der Waals surface area contributed by atoms with Crippen molar-refractivity contribution in [3.63, 3.8) is 0 Å². The first kappa shape index (κ1) is 10.6. The Labute approximate surface area is 85.9 Å². The molecule has 0 aliphatic carbocycles. The lowest BCUT2D eigenvalue weighted by molar-refractivity contribution is 0.647. The van der Waals surface area contributed by atoms with E-state index in [9.17, 15) is 0 Å². The van der Waals surface area contributed by atoms with E-state index in [2.05, 4.69) is 39.0 Å². The van der Waals surface area contributed by atoms with Crippen LogP contribution < -0.4 is 0 Å². The van der Waals surface area contributed by atoms with Crippen molar-refractivity contribution >= 4 is 11.6 Å². The fourth-order valence-corrected chi connectivity index (χ4v) is 1.81. The van der Waals surface area contributed by atoms with E-state index >= 15 is 0 Å². The number of aryl methyl sites for hydroxylation is 1. The van der Waals surface area contributed by atoms with Crippen molar-refractivity contribution in [1.82, 2.24) is 0 Å². The highest BCUT2D eigenvalue weighted by atomic mass is 35.5. The summed E-state index contributed by atoms with van der Waals surface area (Å²) in [6.07, 6.45) is 1.16. The quantitative estimate of drug-likeness (QED) is 0.643. The average Bonchev–Trinajstić information content (AvgIpc) is 2.03. The molecule has 1 heteroatoms. The maximum atomic E-state index is 5.79. The lowest BCUT2D eigenvalue weighted by Crippen LogP contribution is -1.95. The molecule has 1 rings (SSSR count). The molecule has 0 aromatic heterocycles. The summed E-state index contributed by atoms with van der Waals surface area (Å²) in [7, 11) is 0. The highest BCUT2D eigenvalue weighted by molar-refractivity contribution is 6.17. The van der Waals surface area contributed by atoms with Gasteiger partial charge in [0.15, 0.2) is 0 Å². The van der Waals surface area contributed by atoms with Crippen LogP contribution in [0.2, 0.25) is 0 Å². The normalized spacial score (nSPS) is 10.8. The molecule has 0 aliphatic heterocycles. The SMILES string of the molecule is Cc1cc(CC(C)C)ccc1CCl. The van der Waals surface area contributed by atoms with Crippen molar-refractivity contribution < 1.29 is 0 Å². The number of hydrogen-bond donors (Lipinski definition) is 0. The molecule has 0 aliphatic rings. The fourth-order valence-electron chi connectivity index (χ4n) is 1.51. The first-order valence-corrected chi connectivity index (χ1v) is 5.31. The van der Waals surface area contributed by atoms with E-state index in [-0.39, 0.29) is 0 Å². The monoisotopic (exact) mass is 196 g/mol. The lowest BCUT2D eigenvalue weighted by Gasteiger charge is -2.08. The minimum Gasteiger partial charge on any atom is -0.122 e. The molecule has 1 aromatic carbocycles. The highest BCUT2D eigenvalue weighted by Crippen LogP contribution is 2.15. The van der Waals surface area contributed by atoms with Gasteiger partial charge in [0.2, 0.25) is 0 Å². The van der Waals surface area contributed by atoms with Crippen LogP contribution in [0, 0.1) is 12.8 Å². The number of rotatable bonds is 3. The predicted octanol–water partition coefficient (Wildman–Crippen LogP) is 3.93. The molecular formula is C12H17Cl. The Balaban J connectivity index is 2.83. The zero-order chi connectivity index (χ0) is 9.84. The van der Waals surface area contributed by atoms with Crippen molar-refractivity contribution in [1.29, 1.82) is 0 Å². The second-order valence-electron chi connectivity index (χ2n) is 3.99. The summed E-state index contributed by atoms with van der Waals surface area (Å²) in [6.45, 7) is 6.61.